The first kappa shape index (κ1) is 8.50. The Morgan fingerprint density at radius 3 is 2.36 bits per heavy atom. The second-order valence-corrected chi connectivity index (χ2v) is 2.84. The Morgan fingerprint density at radius 2 is 1.64 bits per heavy atom. The van der Waals surface area contributed by atoms with Crippen LogP contribution in [0.3, 0.4) is 0 Å². The maximum absolute atomic E-state index is 10.6. The average molecular weight is 186 g/mol. The van der Waals surface area contributed by atoms with E-state index in [1.165, 1.54) is 6.07 Å². The molecule has 0 radical (unpaired) electrons. The molecule has 0 N–H and O–H groups in total. The second kappa shape index (κ2) is 3.33. The van der Waals surface area contributed by atoms with E-state index in [1.54, 1.807) is 18.2 Å². The Hall–Kier alpha value is -2.10. The molecule has 2 aromatic carbocycles. The maximum Gasteiger partial charge on any atom is 0.144 e. The zero-order valence-electron chi connectivity index (χ0n) is 7.18. The summed E-state index contributed by atoms with van der Waals surface area (Å²) in [5, 5.41) is 7.10. The number of nitrogens with zero attached hydrogens (tertiary/aromatic N) is 2. The van der Waals surface area contributed by atoms with Gasteiger partial charge in [-0.25, -0.2) is 0 Å². The van der Waals surface area contributed by atoms with Crippen LogP contribution in [-0.4, -0.2) is 0 Å². The molecule has 0 aliphatic rings. The van der Waals surface area contributed by atoms with Gasteiger partial charge < -0.3 is 0 Å². The van der Waals surface area contributed by atoms with Gasteiger partial charge in [-0.05, 0) is 21.8 Å². The lowest BCUT2D eigenvalue weighted by Gasteiger charge is -2.00. The highest BCUT2D eigenvalue weighted by atomic mass is 16.3. The topological polar surface area (TPSA) is 58.9 Å². The standard InChI is InChI=1S/C10H6N2O2/c13-11-9-6-5-7-3-1-2-4-8(7)10(9)12-14/h1-6H. The van der Waals surface area contributed by atoms with Crippen molar-refractivity contribution in [1.82, 2.24) is 0 Å². The van der Waals surface area contributed by atoms with E-state index in [2.05, 4.69) is 10.4 Å². The van der Waals surface area contributed by atoms with Crippen molar-refractivity contribution in [2.75, 3.05) is 0 Å². The van der Waals surface area contributed by atoms with Crippen molar-refractivity contribution < 1.29 is 0 Å². The molecule has 0 heterocycles. The number of hydrogen-bond donors (Lipinski definition) is 0. The molecule has 14 heavy (non-hydrogen) atoms. The minimum Gasteiger partial charge on any atom is -0.145 e. The molecule has 2 rings (SSSR count). The Kier molecular flexibility index (Phi) is 2.02. The van der Waals surface area contributed by atoms with Crippen LogP contribution in [0.2, 0.25) is 0 Å². The third-order valence-electron chi connectivity index (χ3n) is 2.07. The van der Waals surface area contributed by atoms with Gasteiger partial charge in [0, 0.05) is 5.39 Å². The molecule has 0 aliphatic carbocycles. The summed E-state index contributed by atoms with van der Waals surface area (Å²) in [6.45, 7) is 0. The largest absolute Gasteiger partial charge is 0.145 e. The van der Waals surface area contributed by atoms with E-state index in [1.807, 2.05) is 12.1 Å². The molecule has 0 saturated carbocycles. The minimum atomic E-state index is 0.0821. The van der Waals surface area contributed by atoms with Gasteiger partial charge in [-0.2, -0.15) is 0 Å². The molecule has 4 nitrogen and oxygen atoms in total. The maximum atomic E-state index is 10.6. The van der Waals surface area contributed by atoms with Gasteiger partial charge in [0.25, 0.3) is 0 Å². The van der Waals surface area contributed by atoms with Gasteiger partial charge in [-0.1, -0.05) is 30.3 Å². The van der Waals surface area contributed by atoms with Gasteiger partial charge >= 0.3 is 0 Å². The lowest BCUT2D eigenvalue weighted by Crippen LogP contribution is -1.73. The summed E-state index contributed by atoms with van der Waals surface area (Å²) in [5.41, 5.74) is 0.191. The summed E-state index contributed by atoms with van der Waals surface area (Å²) < 4.78 is 0. The van der Waals surface area contributed by atoms with Crippen molar-refractivity contribution in [1.29, 1.82) is 0 Å². The third kappa shape index (κ3) is 1.17. The van der Waals surface area contributed by atoms with E-state index >= 15 is 0 Å². The fourth-order valence-electron chi connectivity index (χ4n) is 1.41. The smallest absolute Gasteiger partial charge is 0.144 e. The van der Waals surface area contributed by atoms with E-state index < -0.39 is 0 Å². The summed E-state index contributed by atoms with van der Waals surface area (Å²) in [6.07, 6.45) is 0. The van der Waals surface area contributed by atoms with Crippen molar-refractivity contribution in [2.45, 2.75) is 0 Å². The van der Waals surface area contributed by atoms with Gasteiger partial charge in [0.15, 0.2) is 0 Å². The molecule has 0 atom stereocenters. The number of rotatable bonds is 2. The van der Waals surface area contributed by atoms with Crippen molar-refractivity contribution >= 4 is 22.1 Å². The number of nitroso groups, excluding NO2 is 2. The zero-order chi connectivity index (χ0) is 9.97. The van der Waals surface area contributed by atoms with Crippen LogP contribution in [0.15, 0.2) is 46.8 Å². The molecule has 0 aliphatic heterocycles. The first-order valence-electron chi connectivity index (χ1n) is 4.05. The summed E-state index contributed by atoms with van der Waals surface area (Å²) >= 11 is 0. The molecule has 0 bridgehead atoms. The fourth-order valence-corrected chi connectivity index (χ4v) is 1.41. The molecular formula is C10H6N2O2. The molecule has 0 saturated heterocycles. The van der Waals surface area contributed by atoms with Crippen LogP contribution in [0.25, 0.3) is 10.8 Å². The van der Waals surface area contributed by atoms with Gasteiger partial charge in [-0.15, -0.1) is 9.81 Å². The second-order valence-electron chi connectivity index (χ2n) is 2.84. The van der Waals surface area contributed by atoms with Crippen LogP contribution < -0.4 is 0 Å². The van der Waals surface area contributed by atoms with E-state index in [4.69, 9.17) is 0 Å². The molecule has 0 unspecified atom stereocenters. The van der Waals surface area contributed by atoms with Gasteiger partial charge in [-0.3, -0.25) is 0 Å². The normalized spacial score (nSPS) is 10.0. The van der Waals surface area contributed by atoms with Crippen molar-refractivity contribution in [2.24, 2.45) is 10.4 Å². The first-order valence-corrected chi connectivity index (χ1v) is 4.05. The number of fused-ring (bicyclic) bond motifs is 1. The molecule has 4 heteroatoms. The summed E-state index contributed by atoms with van der Waals surface area (Å²) in [4.78, 5) is 20.9. The zero-order valence-corrected chi connectivity index (χ0v) is 7.18. The SMILES string of the molecule is O=Nc1ccc2ccccc2c1N=O. The van der Waals surface area contributed by atoms with Crippen LogP contribution in [0.4, 0.5) is 11.4 Å². The highest BCUT2D eigenvalue weighted by Crippen LogP contribution is 2.35. The minimum absolute atomic E-state index is 0.0821. The average Bonchev–Trinajstić information content (AvgIpc) is 2.27. The quantitative estimate of drug-likeness (QED) is 0.672. The monoisotopic (exact) mass is 186 g/mol. The van der Waals surface area contributed by atoms with E-state index in [9.17, 15) is 9.81 Å². The number of benzene rings is 2. The van der Waals surface area contributed by atoms with E-state index in [-0.39, 0.29) is 11.4 Å². The molecular weight excluding hydrogens is 180 g/mol. The van der Waals surface area contributed by atoms with Gasteiger partial charge in [0.05, 0.1) is 0 Å². The highest BCUT2D eigenvalue weighted by Gasteiger charge is 2.07. The van der Waals surface area contributed by atoms with Crippen LogP contribution in [-0.2, 0) is 0 Å². The van der Waals surface area contributed by atoms with Crippen LogP contribution in [0.1, 0.15) is 0 Å². The van der Waals surface area contributed by atoms with Crippen LogP contribution >= 0.6 is 0 Å². The Balaban J connectivity index is 2.90. The lowest BCUT2D eigenvalue weighted by molar-refractivity contribution is 1.45. The molecule has 68 valence electrons. The van der Waals surface area contributed by atoms with Crippen molar-refractivity contribution in [3.8, 4) is 0 Å². The molecule has 2 aromatic rings. The summed E-state index contributed by atoms with van der Waals surface area (Å²) in [5.74, 6) is 0. The predicted octanol–water partition coefficient (Wildman–Crippen LogP) is 3.64. The van der Waals surface area contributed by atoms with E-state index in [0.717, 1.165) is 5.39 Å². The van der Waals surface area contributed by atoms with Crippen LogP contribution in [0.5, 0.6) is 0 Å². The summed E-state index contributed by atoms with van der Waals surface area (Å²) in [7, 11) is 0. The van der Waals surface area contributed by atoms with Crippen molar-refractivity contribution in [3.63, 3.8) is 0 Å². The number of hydrogen-bond acceptors (Lipinski definition) is 4. The lowest BCUT2D eigenvalue weighted by atomic mass is 10.1. The molecule has 0 aromatic heterocycles. The van der Waals surface area contributed by atoms with Crippen molar-refractivity contribution in [3.05, 3.63) is 46.2 Å². The van der Waals surface area contributed by atoms with Crippen LogP contribution in [0, 0.1) is 9.81 Å². The van der Waals surface area contributed by atoms with E-state index in [0.29, 0.717) is 5.39 Å². The molecule has 0 amide bonds. The Labute approximate surface area is 79.5 Å². The molecule has 0 fully saturated rings. The van der Waals surface area contributed by atoms with Gasteiger partial charge in [0.1, 0.15) is 11.4 Å². The fraction of sp³-hybridized carbons (Fsp3) is 0. The highest BCUT2D eigenvalue weighted by molar-refractivity contribution is 5.97. The third-order valence-corrected chi connectivity index (χ3v) is 2.07. The summed E-state index contributed by atoms with van der Waals surface area (Å²) in [6, 6.07) is 10.4. The first-order chi connectivity index (χ1) is 6.86. The predicted molar refractivity (Wildman–Crippen MR) is 54.9 cm³/mol. The van der Waals surface area contributed by atoms with Gasteiger partial charge in [0.2, 0.25) is 0 Å². The Bertz CT molecular complexity index is 508. The Morgan fingerprint density at radius 1 is 0.857 bits per heavy atom. The molecule has 0 spiro atoms.